The third kappa shape index (κ3) is 4.30. The van der Waals surface area contributed by atoms with Crippen molar-refractivity contribution in [2.75, 3.05) is 0 Å². The Hall–Kier alpha value is -2.95. The molecule has 146 valence electrons. The normalized spacial score (nSPS) is 17.0. The van der Waals surface area contributed by atoms with Crippen LogP contribution in [0.4, 0.5) is 0 Å². The molecule has 1 saturated heterocycles. The second kappa shape index (κ2) is 7.97. The second-order valence-electron chi connectivity index (χ2n) is 8.09. The summed E-state index contributed by atoms with van der Waals surface area (Å²) in [6, 6.07) is 12.0. The molecule has 1 aliphatic rings. The van der Waals surface area contributed by atoms with Gasteiger partial charge >= 0.3 is 0 Å². The van der Waals surface area contributed by atoms with Gasteiger partial charge in [0, 0.05) is 12.0 Å². The molecule has 0 spiro atoms. The van der Waals surface area contributed by atoms with Crippen LogP contribution in [0, 0.1) is 0 Å². The molecule has 1 N–H and O–H groups in total. The molecule has 28 heavy (non-hydrogen) atoms. The summed E-state index contributed by atoms with van der Waals surface area (Å²) in [6.45, 7) is 6.33. The lowest BCUT2D eigenvalue weighted by Gasteiger charge is -2.24. The Balaban J connectivity index is 1.97. The van der Waals surface area contributed by atoms with Crippen molar-refractivity contribution in [1.29, 1.82) is 0 Å². The molecule has 1 amide bonds. The molecule has 1 unspecified atom stereocenters. The number of amides is 1. The lowest BCUT2D eigenvalue weighted by Crippen LogP contribution is -2.44. The third-order valence-corrected chi connectivity index (χ3v) is 4.91. The number of carbonyl (C=O) groups is 3. The first kappa shape index (κ1) is 19.8. The maximum Gasteiger partial charge on any atom is 0.220 e. The zero-order chi connectivity index (χ0) is 20.3. The Morgan fingerprint density at radius 3 is 2.61 bits per heavy atom. The van der Waals surface area contributed by atoms with E-state index in [1.165, 1.54) is 0 Å². The highest BCUT2D eigenvalue weighted by Gasteiger charge is 2.29. The summed E-state index contributed by atoms with van der Waals surface area (Å²) >= 11 is 0. The Morgan fingerprint density at radius 1 is 1.18 bits per heavy atom. The molecular weight excluding hydrogens is 354 g/mol. The smallest absolute Gasteiger partial charge is 0.220 e. The van der Waals surface area contributed by atoms with Crippen LogP contribution in [0.3, 0.4) is 0 Å². The molecule has 2 aromatic rings. The molecule has 1 aliphatic heterocycles. The fourth-order valence-electron chi connectivity index (χ4n) is 3.32. The second-order valence-corrected chi connectivity index (χ2v) is 8.09. The molecule has 2 aromatic carbocycles. The summed E-state index contributed by atoms with van der Waals surface area (Å²) in [5.41, 5.74) is 1.53. The molecule has 5 heteroatoms. The van der Waals surface area contributed by atoms with Gasteiger partial charge in [-0.05, 0) is 42.0 Å². The van der Waals surface area contributed by atoms with Crippen LogP contribution in [0.5, 0.6) is 11.5 Å². The van der Waals surface area contributed by atoms with E-state index >= 15 is 0 Å². The molecule has 1 atom stereocenters. The number of ketones is 1. The summed E-state index contributed by atoms with van der Waals surface area (Å²) in [5.74, 6) is 0.476. The van der Waals surface area contributed by atoms with Crippen molar-refractivity contribution in [3.05, 3.63) is 59.2 Å². The van der Waals surface area contributed by atoms with Crippen LogP contribution in [-0.4, -0.2) is 24.0 Å². The van der Waals surface area contributed by atoms with Gasteiger partial charge < -0.3 is 10.1 Å². The quantitative estimate of drug-likeness (QED) is 0.616. The molecule has 1 fully saturated rings. The third-order valence-electron chi connectivity index (χ3n) is 4.91. The Morgan fingerprint density at radius 2 is 1.93 bits per heavy atom. The van der Waals surface area contributed by atoms with E-state index < -0.39 is 6.04 Å². The van der Waals surface area contributed by atoms with Gasteiger partial charge in [-0.3, -0.25) is 14.4 Å². The van der Waals surface area contributed by atoms with Crippen LogP contribution in [0.25, 0.3) is 0 Å². The van der Waals surface area contributed by atoms with Crippen molar-refractivity contribution in [3.63, 3.8) is 0 Å². The number of benzene rings is 2. The van der Waals surface area contributed by atoms with Gasteiger partial charge in [-0.2, -0.15) is 0 Å². The largest absolute Gasteiger partial charge is 0.457 e. The molecule has 0 bridgehead atoms. The van der Waals surface area contributed by atoms with Crippen molar-refractivity contribution in [1.82, 2.24) is 5.32 Å². The number of aldehydes is 1. The summed E-state index contributed by atoms with van der Waals surface area (Å²) in [6.07, 6.45) is 2.27. The minimum atomic E-state index is -0.634. The molecule has 0 radical (unpaired) electrons. The molecular formula is C23H25NO4. The molecule has 3 rings (SSSR count). The molecule has 5 nitrogen and oxygen atoms in total. The van der Waals surface area contributed by atoms with Crippen LogP contribution in [-0.2, 0) is 10.2 Å². The summed E-state index contributed by atoms with van der Waals surface area (Å²) in [7, 11) is 0. The maximum atomic E-state index is 13.1. The number of Topliss-reactive ketones (excluding diaryl/α,β-unsaturated/α-hetero) is 1. The highest BCUT2D eigenvalue weighted by Crippen LogP contribution is 2.32. The molecule has 0 saturated carbocycles. The fourth-order valence-corrected chi connectivity index (χ4v) is 3.32. The highest BCUT2D eigenvalue weighted by molar-refractivity contribution is 6.09. The van der Waals surface area contributed by atoms with Crippen molar-refractivity contribution >= 4 is 18.0 Å². The highest BCUT2D eigenvalue weighted by atomic mass is 16.5. The van der Waals surface area contributed by atoms with E-state index in [4.69, 9.17) is 4.74 Å². The Labute approximate surface area is 165 Å². The summed E-state index contributed by atoms with van der Waals surface area (Å²) < 4.78 is 6.03. The first-order chi connectivity index (χ1) is 13.3. The predicted octanol–water partition coefficient (Wildman–Crippen LogP) is 4.44. The number of hydrogen-bond acceptors (Lipinski definition) is 4. The van der Waals surface area contributed by atoms with E-state index in [9.17, 15) is 14.4 Å². The van der Waals surface area contributed by atoms with E-state index in [0.717, 1.165) is 5.56 Å². The number of rotatable bonds is 5. The predicted molar refractivity (Wildman–Crippen MR) is 107 cm³/mol. The minimum Gasteiger partial charge on any atom is -0.457 e. The molecule has 0 aliphatic carbocycles. The van der Waals surface area contributed by atoms with Crippen LogP contribution in [0.2, 0.25) is 0 Å². The number of piperidine rings is 1. The van der Waals surface area contributed by atoms with E-state index in [1.807, 2.05) is 24.3 Å². The van der Waals surface area contributed by atoms with E-state index in [1.54, 1.807) is 18.2 Å². The standard InChI is InChI=1S/C23H25NO4/c1-23(2,3)16-8-5-9-17(13-16)28-19-11-4-7-15(14-25)21(19)22(27)18-10-6-12-20(26)24-18/h4-5,7-9,11,13-14,18H,6,10,12H2,1-3H3,(H,24,26). The van der Waals surface area contributed by atoms with Crippen LogP contribution in [0.15, 0.2) is 42.5 Å². The van der Waals surface area contributed by atoms with Crippen molar-refractivity contribution in [3.8, 4) is 11.5 Å². The Kier molecular flexibility index (Phi) is 5.63. The average molecular weight is 379 g/mol. The lowest BCUT2D eigenvalue weighted by atomic mass is 9.87. The Bertz CT molecular complexity index is 911. The van der Waals surface area contributed by atoms with Gasteiger partial charge in [0.2, 0.25) is 5.91 Å². The minimum absolute atomic E-state index is 0.0466. The zero-order valence-electron chi connectivity index (χ0n) is 16.5. The van der Waals surface area contributed by atoms with Crippen molar-refractivity contribution in [2.45, 2.75) is 51.5 Å². The number of ether oxygens (including phenoxy) is 1. The number of carbonyl (C=O) groups excluding carboxylic acids is 3. The average Bonchev–Trinajstić information content (AvgIpc) is 2.67. The van der Waals surface area contributed by atoms with Gasteiger partial charge in [0.15, 0.2) is 12.1 Å². The van der Waals surface area contributed by atoms with Gasteiger partial charge in [-0.15, -0.1) is 0 Å². The maximum absolute atomic E-state index is 13.1. The lowest BCUT2D eigenvalue weighted by molar-refractivity contribution is -0.122. The topological polar surface area (TPSA) is 72.5 Å². The van der Waals surface area contributed by atoms with E-state index in [-0.39, 0.29) is 28.2 Å². The van der Waals surface area contributed by atoms with Crippen LogP contribution in [0.1, 0.15) is 66.3 Å². The van der Waals surface area contributed by atoms with Gasteiger partial charge in [-0.25, -0.2) is 0 Å². The van der Waals surface area contributed by atoms with Gasteiger partial charge in [0.05, 0.1) is 11.6 Å². The first-order valence-electron chi connectivity index (χ1n) is 9.50. The zero-order valence-corrected chi connectivity index (χ0v) is 16.5. The van der Waals surface area contributed by atoms with Crippen LogP contribution < -0.4 is 10.1 Å². The number of hydrogen-bond donors (Lipinski definition) is 1. The van der Waals surface area contributed by atoms with Crippen LogP contribution >= 0.6 is 0 Å². The summed E-state index contributed by atoms with van der Waals surface area (Å²) in [5, 5.41) is 2.73. The summed E-state index contributed by atoms with van der Waals surface area (Å²) in [4.78, 5) is 36.4. The van der Waals surface area contributed by atoms with E-state index in [0.29, 0.717) is 37.0 Å². The van der Waals surface area contributed by atoms with Gasteiger partial charge in [-0.1, -0.05) is 45.0 Å². The van der Waals surface area contributed by atoms with Crippen molar-refractivity contribution < 1.29 is 19.1 Å². The monoisotopic (exact) mass is 379 g/mol. The SMILES string of the molecule is CC(C)(C)c1cccc(Oc2cccc(C=O)c2C(=O)C2CCCC(=O)N2)c1. The molecule has 1 heterocycles. The first-order valence-corrected chi connectivity index (χ1v) is 9.50. The van der Waals surface area contributed by atoms with E-state index in [2.05, 4.69) is 26.1 Å². The fraction of sp³-hybridized carbons (Fsp3) is 0.348. The van der Waals surface area contributed by atoms with Gasteiger partial charge in [0.1, 0.15) is 11.5 Å². The number of nitrogens with one attached hydrogen (secondary N) is 1. The van der Waals surface area contributed by atoms with Gasteiger partial charge in [0.25, 0.3) is 0 Å². The molecule has 0 aromatic heterocycles. The van der Waals surface area contributed by atoms with Crippen molar-refractivity contribution in [2.24, 2.45) is 0 Å².